The van der Waals surface area contributed by atoms with Crippen molar-refractivity contribution in [2.45, 2.75) is 6.42 Å². The van der Waals surface area contributed by atoms with Crippen molar-refractivity contribution in [1.29, 1.82) is 0 Å². The van der Waals surface area contributed by atoms with E-state index in [1.807, 2.05) is 0 Å². The number of thioether (sulfide) groups is 1. The Labute approximate surface area is 63.0 Å². The summed E-state index contributed by atoms with van der Waals surface area (Å²) in [4.78, 5) is 20.4. The fourth-order valence-electron chi connectivity index (χ4n) is 0.667. The summed E-state index contributed by atoms with van der Waals surface area (Å²) in [6, 6.07) is 0. The molecule has 10 heavy (non-hydrogen) atoms. The van der Waals surface area contributed by atoms with Crippen LogP contribution in [0.15, 0.2) is 22.0 Å². The van der Waals surface area contributed by atoms with Crippen LogP contribution >= 0.6 is 11.8 Å². The Hall–Kier alpha value is -0.830. The summed E-state index contributed by atoms with van der Waals surface area (Å²) < 4.78 is 0. The second-order valence-corrected chi connectivity index (χ2v) is 2.68. The molecule has 0 aromatic carbocycles. The van der Waals surface area contributed by atoms with Gasteiger partial charge >= 0.3 is 0 Å². The van der Waals surface area contributed by atoms with Crippen molar-refractivity contribution in [3.8, 4) is 0 Å². The van der Waals surface area contributed by atoms with Gasteiger partial charge in [0.25, 0.3) is 0 Å². The molecule has 0 aliphatic carbocycles. The van der Waals surface area contributed by atoms with Crippen LogP contribution in [0.1, 0.15) is 6.42 Å². The first-order valence-corrected chi connectivity index (χ1v) is 3.75. The molecular weight excluding hydrogens is 148 g/mol. The lowest BCUT2D eigenvalue weighted by atomic mass is 10.1. The first kappa shape index (κ1) is 7.28. The Morgan fingerprint density at radius 2 is 1.70 bits per heavy atom. The number of carbonyl (C=O) groups is 2. The molecular formula is C7H6O2S. The number of hydrogen-bond donors (Lipinski definition) is 0. The van der Waals surface area contributed by atoms with Gasteiger partial charge in [-0.05, 0) is 10.8 Å². The fourth-order valence-corrected chi connectivity index (χ4v) is 1.36. The Morgan fingerprint density at radius 3 is 2.10 bits per heavy atom. The first-order valence-electron chi connectivity index (χ1n) is 2.80. The van der Waals surface area contributed by atoms with Crippen molar-refractivity contribution in [2.75, 3.05) is 0 Å². The molecule has 1 rings (SSSR count). The summed E-state index contributed by atoms with van der Waals surface area (Å²) in [5, 5.41) is 3.50. The number of rotatable bonds is 2. The summed E-state index contributed by atoms with van der Waals surface area (Å²) in [5.74, 6) is 0. The zero-order chi connectivity index (χ0) is 7.40. The van der Waals surface area contributed by atoms with Crippen LogP contribution in [-0.4, -0.2) is 12.6 Å². The summed E-state index contributed by atoms with van der Waals surface area (Å²) in [6.07, 6.45) is 2.05. The fraction of sp³-hybridized carbons (Fsp3) is 0.143. The minimum absolute atomic E-state index is 0.486. The summed E-state index contributed by atoms with van der Waals surface area (Å²) in [6.45, 7) is 0. The van der Waals surface area contributed by atoms with E-state index < -0.39 is 0 Å². The summed E-state index contributed by atoms with van der Waals surface area (Å²) >= 11 is 1.37. The van der Waals surface area contributed by atoms with Gasteiger partial charge in [-0.25, -0.2) is 0 Å². The standard InChI is InChI=1S/C7H6O2S/c8-2-6-1-7(3-9)5-10-4-6/h2-5H,1H2. The minimum atomic E-state index is 0.486. The largest absolute Gasteiger partial charge is 0.298 e. The average Bonchev–Trinajstić information content (AvgIpc) is 2.05. The van der Waals surface area contributed by atoms with Crippen LogP contribution in [0.4, 0.5) is 0 Å². The van der Waals surface area contributed by atoms with Gasteiger partial charge in [0.1, 0.15) is 12.6 Å². The minimum Gasteiger partial charge on any atom is -0.298 e. The monoisotopic (exact) mass is 154 g/mol. The van der Waals surface area contributed by atoms with E-state index in [1.54, 1.807) is 10.8 Å². The molecule has 2 nitrogen and oxygen atoms in total. The maximum atomic E-state index is 10.2. The smallest absolute Gasteiger partial charge is 0.146 e. The predicted octanol–water partition coefficient (Wildman–Crippen LogP) is 1.29. The average molecular weight is 154 g/mol. The highest BCUT2D eigenvalue weighted by molar-refractivity contribution is 8.05. The number of hydrogen-bond acceptors (Lipinski definition) is 3. The third-order valence-corrected chi connectivity index (χ3v) is 2.03. The van der Waals surface area contributed by atoms with E-state index in [4.69, 9.17) is 0 Å². The number of allylic oxidation sites excluding steroid dienone is 2. The Kier molecular flexibility index (Phi) is 2.45. The van der Waals surface area contributed by atoms with E-state index in [-0.39, 0.29) is 0 Å². The van der Waals surface area contributed by atoms with E-state index in [1.165, 1.54) is 11.8 Å². The molecule has 1 heterocycles. The van der Waals surface area contributed by atoms with Crippen LogP contribution < -0.4 is 0 Å². The van der Waals surface area contributed by atoms with Crippen LogP contribution in [-0.2, 0) is 9.59 Å². The lowest BCUT2D eigenvalue weighted by molar-refractivity contribution is -0.105. The molecule has 0 spiro atoms. The zero-order valence-corrected chi connectivity index (χ0v) is 6.06. The maximum absolute atomic E-state index is 10.2. The molecule has 0 fully saturated rings. The van der Waals surface area contributed by atoms with Crippen molar-refractivity contribution >= 4 is 24.3 Å². The normalized spacial score (nSPS) is 17.2. The molecule has 0 aromatic rings. The van der Waals surface area contributed by atoms with Gasteiger partial charge in [0.15, 0.2) is 0 Å². The lowest BCUT2D eigenvalue weighted by Gasteiger charge is -2.03. The van der Waals surface area contributed by atoms with Crippen molar-refractivity contribution in [3.63, 3.8) is 0 Å². The molecule has 0 unspecified atom stereocenters. The Balaban J connectivity index is 2.65. The van der Waals surface area contributed by atoms with Gasteiger partial charge < -0.3 is 0 Å². The van der Waals surface area contributed by atoms with Gasteiger partial charge in [-0.1, -0.05) is 0 Å². The molecule has 0 aromatic heterocycles. The predicted molar refractivity (Wildman–Crippen MR) is 40.5 cm³/mol. The molecule has 1 aliphatic rings. The molecule has 0 radical (unpaired) electrons. The van der Waals surface area contributed by atoms with Gasteiger partial charge in [0.05, 0.1) is 0 Å². The van der Waals surface area contributed by atoms with Gasteiger partial charge in [-0.2, -0.15) is 0 Å². The van der Waals surface area contributed by atoms with E-state index >= 15 is 0 Å². The van der Waals surface area contributed by atoms with Crippen molar-refractivity contribution < 1.29 is 9.59 Å². The molecule has 1 aliphatic heterocycles. The van der Waals surface area contributed by atoms with Crippen LogP contribution in [0.5, 0.6) is 0 Å². The SMILES string of the molecule is O=CC1=CSC=C(C=O)C1. The van der Waals surface area contributed by atoms with Crippen LogP contribution in [0.2, 0.25) is 0 Å². The molecule has 0 atom stereocenters. The maximum Gasteiger partial charge on any atom is 0.146 e. The van der Waals surface area contributed by atoms with Gasteiger partial charge in [0, 0.05) is 17.6 Å². The zero-order valence-electron chi connectivity index (χ0n) is 5.24. The third-order valence-electron chi connectivity index (χ3n) is 1.15. The Bertz CT molecular complexity index is 194. The molecule has 0 bridgehead atoms. The third kappa shape index (κ3) is 1.57. The van der Waals surface area contributed by atoms with Crippen LogP contribution in [0, 0.1) is 0 Å². The van der Waals surface area contributed by atoms with Crippen LogP contribution in [0.25, 0.3) is 0 Å². The highest BCUT2D eigenvalue weighted by atomic mass is 32.2. The number of aldehydes is 2. The van der Waals surface area contributed by atoms with Crippen molar-refractivity contribution in [2.24, 2.45) is 0 Å². The highest BCUT2D eigenvalue weighted by Crippen LogP contribution is 2.21. The summed E-state index contributed by atoms with van der Waals surface area (Å²) in [7, 11) is 0. The second-order valence-electron chi connectivity index (χ2n) is 1.93. The lowest BCUT2D eigenvalue weighted by Crippen LogP contribution is -1.93. The topological polar surface area (TPSA) is 34.1 Å². The van der Waals surface area contributed by atoms with E-state index in [0.717, 1.165) is 12.6 Å². The van der Waals surface area contributed by atoms with E-state index in [2.05, 4.69) is 0 Å². The Morgan fingerprint density at radius 1 is 1.20 bits per heavy atom. The molecule has 0 saturated heterocycles. The van der Waals surface area contributed by atoms with Crippen molar-refractivity contribution in [1.82, 2.24) is 0 Å². The molecule has 0 saturated carbocycles. The highest BCUT2D eigenvalue weighted by Gasteiger charge is 2.04. The van der Waals surface area contributed by atoms with Crippen LogP contribution in [0.3, 0.4) is 0 Å². The van der Waals surface area contributed by atoms with E-state index in [0.29, 0.717) is 17.6 Å². The van der Waals surface area contributed by atoms with Gasteiger partial charge in [-0.15, -0.1) is 11.8 Å². The molecule has 52 valence electrons. The molecule has 0 N–H and O–H groups in total. The van der Waals surface area contributed by atoms with E-state index in [9.17, 15) is 9.59 Å². The molecule has 3 heteroatoms. The number of carbonyl (C=O) groups excluding carboxylic acids is 2. The second kappa shape index (κ2) is 3.37. The first-order chi connectivity index (χ1) is 4.86. The quantitative estimate of drug-likeness (QED) is 0.562. The van der Waals surface area contributed by atoms with Gasteiger partial charge in [-0.3, -0.25) is 9.59 Å². The van der Waals surface area contributed by atoms with Gasteiger partial charge in [0.2, 0.25) is 0 Å². The summed E-state index contributed by atoms with van der Waals surface area (Å²) in [5.41, 5.74) is 1.35. The van der Waals surface area contributed by atoms with Crippen molar-refractivity contribution in [3.05, 3.63) is 22.0 Å². The molecule has 0 amide bonds.